The minimum atomic E-state index is -3.90. The van der Waals surface area contributed by atoms with E-state index in [9.17, 15) is 25.3 Å². The van der Waals surface area contributed by atoms with Crippen molar-refractivity contribution >= 4 is 35.6 Å². The zero-order chi connectivity index (χ0) is 20.7. The summed E-state index contributed by atoms with van der Waals surface area (Å²) in [6, 6.07) is 9.41. The molecule has 28 heavy (non-hydrogen) atoms. The van der Waals surface area contributed by atoms with Gasteiger partial charge in [0.05, 0.1) is 26.1 Å². The number of sulfone groups is 1. The van der Waals surface area contributed by atoms with Crippen molar-refractivity contribution in [2.75, 3.05) is 23.7 Å². The molecule has 1 N–H and O–H groups in total. The van der Waals surface area contributed by atoms with Gasteiger partial charge in [0.25, 0.3) is 10.0 Å². The van der Waals surface area contributed by atoms with Crippen LogP contribution in [0, 0.1) is 0 Å². The van der Waals surface area contributed by atoms with Crippen LogP contribution in [-0.2, 0) is 36.3 Å². The molecular formula is C17H20N2O6S3. The van der Waals surface area contributed by atoms with Gasteiger partial charge in [-0.05, 0) is 61.5 Å². The molecular weight excluding hydrogens is 424 g/mol. The van der Waals surface area contributed by atoms with Gasteiger partial charge in [-0.2, -0.15) is 0 Å². The molecule has 0 saturated carbocycles. The average Bonchev–Trinajstić information content (AvgIpc) is 3.12. The lowest BCUT2D eigenvalue weighted by molar-refractivity contribution is 0.587. The van der Waals surface area contributed by atoms with Crippen LogP contribution in [0.3, 0.4) is 0 Å². The van der Waals surface area contributed by atoms with Crippen molar-refractivity contribution in [2.45, 2.75) is 28.0 Å². The summed E-state index contributed by atoms with van der Waals surface area (Å²) in [5, 5.41) is 0. The van der Waals surface area contributed by atoms with E-state index in [0.717, 1.165) is 0 Å². The van der Waals surface area contributed by atoms with Crippen LogP contribution in [-0.4, -0.2) is 44.6 Å². The van der Waals surface area contributed by atoms with Crippen LogP contribution >= 0.6 is 0 Å². The number of anilines is 1. The molecule has 1 heterocycles. The Morgan fingerprint density at radius 3 is 2.04 bits per heavy atom. The molecule has 2 aromatic rings. The largest absolute Gasteiger partial charge is 0.266 e. The van der Waals surface area contributed by atoms with E-state index in [-0.39, 0.29) is 27.0 Å². The molecule has 0 amide bonds. The Balaban J connectivity index is 1.98. The molecule has 0 fully saturated rings. The fraction of sp³-hybridized carbons (Fsp3) is 0.294. The molecule has 3 rings (SSSR count). The Hall–Kier alpha value is -1.95. The molecule has 152 valence electrons. The van der Waals surface area contributed by atoms with Crippen LogP contribution in [0.4, 0.5) is 5.69 Å². The van der Waals surface area contributed by atoms with E-state index in [1.807, 2.05) is 0 Å². The molecule has 0 aromatic heterocycles. The molecule has 8 nitrogen and oxygen atoms in total. The summed E-state index contributed by atoms with van der Waals surface area (Å²) >= 11 is 0. The van der Waals surface area contributed by atoms with E-state index in [2.05, 4.69) is 4.72 Å². The summed E-state index contributed by atoms with van der Waals surface area (Å²) in [4.78, 5) is 0.113. The van der Waals surface area contributed by atoms with Crippen molar-refractivity contribution in [1.82, 2.24) is 4.72 Å². The number of sulfonamides is 2. The van der Waals surface area contributed by atoms with Crippen LogP contribution in [0.1, 0.15) is 12.5 Å². The first-order chi connectivity index (χ1) is 13.0. The number of hydrogen-bond donors (Lipinski definition) is 1. The number of nitrogens with one attached hydrogen (secondary N) is 1. The molecule has 0 spiro atoms. The number of hydrogen-bond acceptors (Lipinski definition) is 6. The molecule has 1 aliphatic heterocycles. The van der Waals surface area contributed by atoms with E-state index in [4.69, 9.17) is 0 Å². The van der Waals surface area contributed by atoms with E-state index < -0.39 is 29.9 Å². The molecule has 11 heteroatoms. The van der Waals surface area contributed by atoms with Crippen LogP contribution in [0.5, 0.6) is 0 Å². The fourth-order valence-electron chi connectivity index (χ4n) is 3.00. The second-order valence-corrected chi connectivity index (χ2v) is 12.2. The molecule has 0 saturated heterocycles. The van der Waals surface area contributed by atoms with Gasteiger partial charge in [-0.1, -0.05) is 6.92 Å². The minimum Gasteiger partial charge on any atom is -0.266 e. The molecule has 0 radical (unpaired) electrons. The maximum absolute atomic E-state index is 13.0. The summed E-state index contributed by atoms with van der Waals surface area (Å²) in [6.45, 7) is 1.69. The topological polar surface area (TPSA) is 118 Å². The summed E-state index contributed by atoms with van der Waals surface area (Å²) in [7, 11) is -9.64. The number of benzene rings is 2. The third kappa shape index (κ3) is 3.54. The van der Waals surface area contributed by atoms with Gasteiger partial charge in [0.2, 0.25) is 10.0 Å². The third-order valence-corrected chi connectivity index (χ3v) is 9.62. The first-order valence-electron chi connectivity index (χ1n) is 8.45. The van der Waals surface area contributed by atoms with Crippen LogP contribution in [0.15, 0.2) is 57.2 Å². The molecule has 0 aliphatic carbocycles. The quantitative estimate of drug-likeness (QED) is 0.714. The van der Waals surface area contributed by atoms with Gasteiger partial charge in [-0.3, -0.25) is 4.31 Å². The lowest BCUT2D eigenvalue weighted by Gasteiger charge is -2.20. The van der Waals surface area contributed by atoms with Gasteiger partial charge in [-0.15, -0.1) is 0 Å². The van der Waals surface area contributed by atoms with Crippen LogP contribution in [0.2, 0.25) is 0 Å². The predicted octanol–water partition coefficient (Wildman–Crippen LogP) is 1.14. The number of fused-ring (bicyclic) bond motifs is 1. The summed E-state index contributed by atoms with van der Waals surface area (Å²) < 4.78 is 77.2. The van der Waals surface area contributed by atoms with E-state index in [1.165, 1.54) is 60.7 Å². The molecule has 0 atom stereocenters. The second-order valence-electron chi connectivity index (χ2n) is 6.20. The first kappa shape index (κ1) is 20.8. The number of nitrogens with zero attached hydrogens (tertiary/aromatic N) is 1. The van der Waals surface area contributed by atoms with E-state index in [1.54, 1.807) is 0 Å². The summed E-state index contributed by atoms with van der Waals surface area (Å²) in [5.41, 5.74) is 1.03. The second kappa shape index (κ2) is 7.14. The SMILES string of the molecule is CCS(=O)(=O)c1ccc(S(=O)(=O)N2CCc3cc(S(=O)(=O)NC)ccc32)cc1. The highest BCUT2D eigenvalue weighted by Crippen LogP contribution is 2.34. The Labute approximate surface area is 165 Å². The Morgan fingerprint density at radius 1 is 0.893 bits per heavy atom. The lowest BCUT2D eigenvalue weighted by atomic mass is 10.2. The minimum absolute atomic E-state index is 0.0256. The molecule has 2 aromatic carbocycles. The lowest BCUT2D eigenvalue weighted by Crippen LogP contribution is -2.29. The van der Waals surface area contributed by atoms with Gasteiger partial charge >= 0.3 is 0 Å². The fourth-order valence-corrected chi connectivity index (χ4v) is 6.16. The van der Waals surface area contributed by atoms with Gasteiger partial charge in [0.15, 0.2) is 9.84 Å². The summed E-state index contributed by atoms with van der Waals surface area (Å²) in [6.07, 6.45) is 0.379. The van der Waals surface area contributed by atoms with Gasteiger partial charge in [0.1, 0.15) is 0 Å². The van der Waals surface area contributed by atoms with Crippen molar-refractivity contribution in [3.63, 3.8) is 0 Å². The highest BCUT2D eigenvalue weighted by Gasteiger charge is 2.32. The Morgan fingerprint density at radius 2 is 1.46 bits per heavy atom. The third-order valence-electron chi connectivity index (χ3n) is 4.63. The highest BCUT2D eigenvalue weighted by molar-refractivity contribution is 7.93. The van der Waals surface area contributed by atoms with Crippen molar-refractivity contribution in [3.8, 4) is 0 Å². The van der Waals surface area contributed by atoms with Crippen molar-refractivity contribution in [1.29, 1.82) is 0 Å². The maximum atomic E-state index is 13.0. The van der Waals surface area contributed by atoms with Crippen LogP contribution < -0.4 is 9.03 Å². The van der Waals surface area contributed by atoms with E-state index >= 15 is 0 Å². The van der Waals surface area contributed by atoms with E-state index in [0.29, 0.717) is 17.7 Å². The van der Waals surface area contributed by atoms with Gasteiger partial charge < -0.3 is 0 Å². The van der Waals surface area contributed by atoms with Crippen molar-refractivity contribution < 1.29 is 25.3 Å². The van der Waals surface area contributed by atoms with Gasteiger partial charge in [-0.25, -0.2) is 30.0 Å². The number of rotatable bonds is 6. The zero-order valence-electron chi connectivity index (χ0n) is 15.3. The molecule has 1 aliphatic rings. The Kier molecular flexibility index (Phi) is 5.30. The maximum Gasteiger partial charge on any atom is 0.264 e. The van der Waals surface area contributed by atoms with Crippen LogP contribution in [0.25, 0.3) is 0 Å². The highest BCUT2D eigenvalue weighted by atomic mass is 32.2. The average molecular weight is 445 g/mol. The van der Waals surface area contributed by atoms with Gasteiger partial charge in [0, 0.05) is 6.54 Å². The smallest absolute Gasteiger partial charge is 0.264 e. The predicted molar refractivity (Wildman–Crippen MR) is 105 cm³/mol. The molecule has 0 bridgehead atoms. The van der Waals surface area contributed by atoms with Crippen molar-refractivity contribution in [2.24, 2.45) is 0 Å². The van der Waals surface area contributed by atoms with Crippen molar-refractivity contribution in [3.05, 3.63) is 48.0 Å². The zero-order valence-corrected chi connectivity index (χ0v) is 17.7. The Bertz CT molecular complexity index is 1220. The molecule has 0 unspecified atom stereocenters. The monoisotopic (exact) mass is 444 g/mol. The normalized spacial score (nSPS) is 14.9. The standard InChI is InChI=1S/C17H20N2O6S3/c1-3-26(20,21)14-4-6-15(7-5-14)28(24,25)19-11-10-13-12-16(8-9-17(13)19)27(22,23)18-2/h4-9,12,18H,3,10-11H2,1-2H3. The first-order valence-corrected chi connectivity index (χ1v) is 13.0. The summed E-state index contributed by atoms with van der Waals surface area (Å²) in [5.74, 6) is -0.0730.